The van der Waals surface area contributed by atoms with Crippen LogP contribution in [0.1, 0.15) is 17.0 Å². The van der Waals surface area contributed by atoms with Crippen molar-refractivity contribution in [3.05, 3.63) is 34.5 Å². The molecule has 7 heteroatoms. The van der Waals surface area contributed by atoms with Gasteiger partial charge in [0, 0.05) is 63.4 Å². The maximum absolute atomic E-state index is 6.13. The lowest BCUT2D eigenvalue weighted by Crippen LogP contribution is -2.46. The second kappa shape index (κ2) is 6.22. The molecule has 1 fully saturated rings. The van der Waals surface area contributed by atoms with Crippen LogP contribution in [-0.4, -0.2) is 50.8 Å². The summed E-state index contributed by atoms with van der Waals surface area (Å²) in [4.78, 5) is 13.1. The van der Waals surface area contributed by atoms with E-state index < -0.39 is 0 Å². The molecule has 0 aromatic carbocycles. The van der Waals surface area contributed by atoms with Gasteiger partial charge in [-0.3, -0.25) is 9.58 Å². The van der Waals surface area contributed by atoms with E-state index in [9.17, 15) is 0 Å². The Morgan fingerprint density at radius 3 is 2.36 bits per heavy atom. The summed E-state index contributed by atoms with van der Waals surface area (Å²) in [7, 11) is 2.00. The van der Waals surface area contributed by atoms with E-state index in [4.69, 9.17) is 11.6 Å². The van der Waals surface area contributed by atoms with E-state index in [0.717, 1.165) is 44.2 Å². The molecule has 118 valence electrons. The summed E-state index contributed by atoms with van der Waals surface area (Å²) < 4.78 is 1.96. The predicted molar refractivity (Wildman–Crippen MR) is 87.2 cm³/mol. The molecule has 1 saturated heterocycles. The second-order valence-corrected chi connectivity index (χ2v) is 6.06. The summed E-state index contributed by atoms with van der Waals surface area (Å²) >= 11 is 6.13. The zero-order valence-electron chi connectivity index (χ0n) is 13.3. The van der Waals surface area contributed by atoms with Gasteiger partial charge in [-0.1, -0.05) is 11.6 Å². The number of aromatic nitrogens is 4. The molecule has 0 bridgehead atoms. The van der Waals surface area contributed by atoms with Gasteiger partial charge >= 0.3 is 0 Å². The first-order valence-electron chi connectivity index (χ1n) is 7.49. The lowest BCUT2D eigenvalue weighted by molar-refractivity contribution is 0.248. The van der Waals surface area contributed by atoms with E-state index in [1.807, 2.05) is 11.7 Å². The number of rotatable bonds is 3. The molecule has 6 nitrogen and oxygen atoms in total. The van der Waals surface area contributed by atoms with Crippen molar-refractivity contribution in [3.63, 3.8) is 0 Å². The summed E-state index contributed by atoms with van der Waals surface area (Å²) in [5.74, 6) is 0.789. The van der Waals surface area contributed by atoms with E-state index in [-0.39, 0.29) is 0 Å². The molecule has 2 aromatic rings. The molecule has 0 radical (unpaired) electrons. The molecule has 0 spiro atoms. The Bertz CT molecular complexity index is 660. The molecule has 0 N–H and O–H groups in total. The van der Waals surface area contributed by atoms with Crippen molar-refractivity contribution in [2.75, 3.05) is 31.1 Å². The number of hydrogen-bond acceptors (Lipinski definition) is 5. The minimum atomic E-state index is 0.481. The molecule has 0 unspecified atom stereocenters. The lowest BCUT2D eigenvalue weighted by atomic mass is 10.1. The Balaban J connectivity index is 1.64. The molecule has 3 heterocycles. The molecule has 1 aliphatic rings. The standard InChI is InChI=1S/C15H21ClN6/c1-11-13(12(2)20(3)19-11)10-21-6-8-22(9-7-21)15-14(16)17-4-5-18-15/h4-5H,6-10H2,1-3H3. The average Bonchev–Trinajstić information content (AvgIpc) is 2.75. The maximum Gasteiger partial charge on any atom is 0.171 e. The van der Waals surface area contributed by atoms with Crippen LogP contribution >= 0.6 is 11.6 Å². The van der Waals surface area contributed by atoms with Gasteiger partial charge < -0.3 is 4.90 Å². The third kappa shape index (κ3) is 2.94. The van der Waals surface area contributed by atoms with Gasteiger partial charge in [-0.2, -0.15) is 5.10 Å². The van der Waals surface area contributed by atoms with Gasteiger partial charge in [-0.15, -0.1) is 0 Å². The number of nitrogens with zero attached hydrogens (tertiary/aromatic N) is 6. The van der Waals surface area contributed by atoms with Crippen molar-refractivity contribution in [1.82, 2.24) is 24.6 Å². The van der Waals surface area contributed by atoms with Crippen molar-refractivity contribution in [2.24, 2.45) is 7.05 Å². The smallest absolute Gasteiger partial charge is 0.171 e. The highest BCUT2D eigenvalue weighted by Gasteiger charge is 2.22. The Morgan fingerprint density at radius 1 is 1.09 bits per heavy atom. The molecule has 1 aliphatic heterocycles. The average molecular weight is 321 g/mol. The van der Waals surface area contributed by atoms with Crippen LogP contribution in [-0.2, 0) is 13.6 Å². The van der Waals surface area contributed by atoms with Gasteiger partial charge in [0.2, 0.25) is 0 Å². The minimum absolute atomic E-state index is 0.481. The van der Waals surface area contributed by atoms with Gasteiger partial charge in [0.25, 0.3) is 0 Å². The van der Waals surface area contributed by atoms with Crippen LogP contribution in [0.5, 0.6) is 0 Å². The van der Waals surface area contributed by atoms with Gasteiger partial charge in [0.05, 0.1) is 5.69 Å². The van der Waals surface area contributed by atoms with Crippen LogP contribution in [0.3, 0.4) is 0 Å². The van der Waals surface area contributed by atoms with Crippen LogP contribution in [0.25, 0.3) is 0 Å². The van der Waals surface area contributed by atoms with Crippen molar-refractivity contribution in [2.45, 2.75) is 20.4 Å². The van der Waals surface area contributed by atoms with Gasteiger partial charge in [-0.05, 0) is 13.8 Å². The summed E-state index contributed by atoms with van der Waals surface area (Å²) in [5.41, 5.74) is 3.71. The molecule has 0 saturated carbocycles. The van der Waals surface area contributed by atoms with E-state index >= 15 is 0 Å². The number of aryl methyl sites for hydroxylation is 2. The normalized spacial score (nSPS) is 16.3. The fourth-order valence-electron chi connectivity index (χ4n) is 2.91. The Labute approximate surface area is 135 Å². The molecular formula is C15H21ClN6. The van der Waals surface area contributed by atoms with Gasteiger partial charge in [-0.25, -0.2) is 9.97 Å². The zero-order chi connectivity index (χ0) is 15.7. The summed E-state index contributed by atoms with van der Waals surface area (Å²) in [6.45, 7) is 8.96. The Kier molecular flexibility index (Phi) is 4.31. The molecule has 0 amide bonds. The van der Waals surface area contributed by atoms with Gasteiger partial charge in [0.15, 0.2) is 11.0 Å². The van der Waals surface area contributed by atoms with Crippen molar-refractivity contribution < 1.29 is 0 Å². The van der Waals surface area contributed by atoms with Crippen LogP contribution in [0.2, 0.25) is 5.15 Å². The first kappa shape index (κ1) is 15.2. The largest absolute Gasteiger partial charge is 0.351 e. The number of hydrogen-bond donors (Lipinski definition) is 0. The molecular weight excluding hydrogens is 300 g/mol. The highest BCUT2D eigenvalue weighted by Crippen LogP contribution is 2.22. The van der Waals surface area contributed by atoms with Crippen LogP contribution in [0.15, 0.2) is 12.4 Å². The second-order valence-electron chi connectivity index (χ2n) is 5.71. The van der Waals surface area contributed by atoms with E-state index in [0.29, 0.717) is 5.15 Å². The quantitative estimate of drug-likeness (QED) is 0.863. The van der Waals surface area contributed by atoms with Crippen LogP contribution in [0.4, 0.5) is 5.82 Å². The van der Waals surface area contributed by atoms with Crippen molar-refractivity contribution >= 4 is 17.4 Å². The SMILES string of the molecule is Cc1nn(C)c(C)c1CN1CCN(c2nccnc2Cl)CC1. The third-order valence-electron chi connectivity index (χ3n) is 4.35. The van der Waals surface area contributed by atoms with Crippen LogP contribution < -0.4 is 4.90 Å². The van der Waals surface area contributed by atoms with Crippen molar-refractivity contribution in [1.29, 1.82) is 0 Å². The fourth-order valence-corrected chi connectivity index (χ4v) is 3.14. The molecule has 3 rings (SSSR count). The predicted octanol–water partition coefficient (Wildman–Crippen LogP) is 1.80. The number of halogens is 1. The summed E-state index contributed by atoms with van der Waals surface area (Å²) in [6.07, 6.45) is 3.31. The fraction of sp³-hybridized carbons (Fsp3) is 0.533. The zero-order valence-corrected chi connectivity index (χ0v) is 14.0. The van der Waals surface area contributed by atoms with Gasteiger partial charge in [0.1, 0.15) is 0 Å². The molecule has 2 aromatic heterocycles. The number of anilines is 1. The Hall–Kier alpha value is -1.66. The van der Waals surface area contributed by atoms with Crippen LogP contribution in [0, 0.1) is 13.8 Å². The third-order valence-corrected chi connectivity index (χ3v) is 4.61. The monoisotopic (exact) mass is 320 g/mol. The lowest BCUT2D eigenvalue weighted by Gasteiger charge is -2.35. The molecule has 0 atom stereocenters. The molecule has 22 heavy (non-hydrogen) atoms. The summed E-state index contributed by atoms with van der Waals surface area (Å²) in [5, 5.41) is 4.98. The first-order valence-corrected chi connectivity index (χ1v) is 7.87. The Morgan fingerprint density at radius 2 is 1.77 bits per heavy atom. The highest BCUT2D eigenvalue weighted by atomic mass is 35.5. The highest BCUT2D eigenvalue weighted by molar-refractivity contribution is 6.31. The summed E-state index contributed by atoms with van der Waals surface area (Å²) in [6, 6.07) is 0. The molecule has 0 aliphatic carbocycles. The topological polar surface area (TPSA) is 50.1 Å². The minimum Gasteiger partial charge on any atom is -0.351 e. The van der Waals surface area contributed by atoms with E-state index in [2.05, 4.69) is 38.7 Å². The maximum atomic E-state index is 6.13. The van der Waals surface area contributed by atoms with E-state index in [1.54, 1.807) is 12.4 Å². The first-order chi connectivity index (χ1) is 10.6. The van der Waals surface area contributed by atoms with E-state index in [1.165, 1.54) is 11.3 Å². The van der Waals surface area contributed by atoms with Crippen molar-refractivity contribution in [3.8, 4) is 0 Å². The number of piperazine rings is 1.